The highest BCUT2D eigenvalue weighted by atomic mass is 16.5. The number of nitrogens with zero attached hydrogens (tertiary/aromatic N) is 1. The van der Waals surface area contributed by atoms with Gasteiger partial charge in [0.2, 0.25) is 5.91 Å². The van der Waals surface area contributed by atoms with Gasteiger partial charge in [-0.15, -0.1) is 0 Å². The maximum absolute atomic E-state index is 12.1. The van der Waals surface area contributed by atoms with E-state index in [1.54, 1.807) is 11.8 Å². The third kappa shape index (κ3) is 3.47. The van der Waals surface area contributed by atoms with Gasteiger partial charge in [0, 0.05) is 19.2 Å². The van der Waals surface area contributed by atoms with Crippen LogP contribution in [0.5, 0.6) is 0 Å². The first-order valence-corrected chi connectivity index (χ1v) is 5.58. The van der Waals surface area contributed by atoms with E-state index in [1.807, 2.05) is 13.8 Å². The van der Waals surface area contributed by atoms with Crippen LogP contribution in [-0.2, 0) is 9.53 Å². The summed E-state index contributed by atoms with van der Waals surface area (Å²) in [7, 11) is 0. The van der Waals surface area contributed by atoms with Gasteiger partial charge in [0.15, 0.2) is 0 Å². The zero-order valence-electron chi connectivity index (χ0n) is 9.77. The van der Waals surface area contributed by atoms with Crippen molar-refractivity contribution in [2.45, 2.75) is 39.3 Å². The number of ether oxygens (including phenoxy) is 1. The minimum atomic E-state index is -0.473. The normalized spacial score (nSPS) is 23.1. The number of carbonyl (C=O) groups excluding carboxylic acids is 1. The lowest BCUT2D eigenvalue weighted by atomic mass is 10.1. The molecule has 1 aliphatic heterocycles. The van der Waals surface area contributed by atoms with Crippen molar-refractivity contribution in [1.82, 2.24) is 4.90 Å². The lowest BCUT2D eigenvalue weighted by Gasteiger charge is -2.30. The Kier molecular flexibility index (Phi) is 4.54. The molecule has 0 radical (unpaired) electrons. The van der Waals surface area contributed by atoms with Crippen LogP contribution in [0.3, 0.4) is 0 Å². The predicted molar refractivity (Wildman–Crippen MR) is 57.5 cm³/mol. The van der Waals surface area contributed by atoms with Crippen LogP contribution in [-0.4, -0.2) is 47.8 Å². The minimum absolute atomic E-state index is 0.00819. The second-order valence-electron chi connectivity index (χ2n) is 4.49. The van der Waals surface area contributed by atoms with Crippen LogP contribution in [0.4, 0.5) is 0 Å². The van der Waals surface area contributed by atoms with Crippen molar-refractivity contribution < 1.29 is 14.6 Å². The Labute approximate surface area is 91.2 Å². The summed E-state index contributed by atoms with van der Waals surface area (Å²) in [5.74, 6) is 0.106. The third-order valence-corrected chi connectivity index (χ3v) is 2.65. The average molecular weight is 215 g/mol. The molecule has 2 atom stereocenters. The first-order valence-electron chi connectivity index (χ1n) is 5.58. The highest BCUT2D eigenvalue weighted by Crippen LogP contribution is 2.17. The van der Waals surface area contributed by atoms with Gasteiger partial charge in [-0.2, -0.15) is 0 Å². The molecule has 1 aliphatic rings. The summed E-state index contributed by atoms with van der Waals surface area (Å²) in [5, 5.41) is 9.34. The number of hydrogen-bond acceptors (Lipinski definition) is 3. The topological polar surface area (TPSA) is 49.8 Å². The van der Waals surface area contributed by atoms with Gasteiger partial charge in [-0.3, -0.25) is 4.79 Å². The maximum atomic E-state index is 12.1. The van der Waals surface area contributed by atoms with Crippen LogP contribution in [0.25, 0.3) is 0 Å². The molecule has 0 aromatic heterocycles. The van der Waals surface area contributed by atoms with Gasteiger partial charge in [0.25, 0.3) is 0 Å². The Morgan fingerprint density at radius 1 is 1.53 bits per heavy atom. The lowest BCUT2D eigenvalue weighted by molar-refractivity contribution is -0.138. The second kappa shape index (κ2) is 5.47. The molecule has 0 aromatic rings. The molecule has 4 heteroatoms. The van der Waals surface area contributed by atoms with Gasteiger partial charge in [-0.25, -0.2) is 0 Å². The summed E-state index contributed by atoms with van der Waals surface area (Å²) in [5.41, 5.74) is 0. The first kappa shape index (κ1) is 12.5. The fraction of sp³-hybridized carbons (Fsp3) is 0.909. The Morgan fingerprint density at radius 3 is 2.60 bits per heavy atom. The summed E-state index contributed by atoms with van der Waals surface area (Å²) < 4.78 is 5.20. The van der Waals surface area contributed by atoms with Crippen LogP contribution in [0.15, 0.2) is 0 Å². The molecule has 1 saturated heterocycles. The van der Waals surface area contributed by atoms with E-state index in [2.05, 4.69) is 0 Å². The standard InChI is InChI=1S/C11H21NO3/c1-8(2)12(6-9(3)13)11(14)10-4-5-15-7-10/h8-10,13H,4-7H2,1-3H3. The zero-order valence-corrected chi connectivity index (χ0v) is 9.77. The van der Waals surface area contributed by atoms with Crippen LogP contribution < -0.4 is 0 Å². The second-order valence-corrected chi connectivity index (χ2v) is 4.49. The fourth-order valence-electron chi connectivity index (χ4n) is 1.80. The quantitative estimate of drug-likeness (QED) is 0.748. The number of aliphatic hydroxyl groups is 1. The first-order chi connectivity index (χ1) is 7.02. The Hall–Kier alpha value is -0.610. The van der Waals surface area contributed by atoms with Crippen molar-refractivity contribution in [3.05, 3.63) is 0 Å². The van der Waals surface area contributed by atoms with E-state index < -0.39 is 6.10 Å². The molecule has 1 heterocycles. The predicted octanol–water partition coefficient (Wildman–Crippen LogP) is 0.641. The number of rotatable bonds is 4. The van der Waals surface area contributed by atoms with Crippen LogP contribution in [0.2, 0.25) is 0 Å². The molecule has 1 N–H and O–H groups in total. The number of amides is 1. The smallest absolute Gasteiger partial charge is 0.228 e. The molecule has 88 valence electrons. The van der Waals surface area contributed by atoms with Gasteiger partial charge in [-0.05, 0) is 27.2 Å². The highest BCUT2D eigenvalue weighted by molar-refractivity contribution is 5.79. The van der Waals surface area contributed by atoms with E-state index in [0.29, 0.717) is 19.8 Å². The lowest BCUT2D eigenvalue weighted by Crippen LogP contribution is -2.44. The molecule has 0 spiro atoms. The fourth-order valence-corrected chi connectivity index (χ4v) is 1.80. The summed E-state index contributed by atoms with van der Waals surface area (Å²) in [6.07, 6.45) is 0.334. The van der Waals surface area contributed by atoms with Crippen LogP contribution >= 0.6 is 0 Å². The van der Waals surface area contributed by atoms with Crippen molar-refractivity contribution in [3.8, 4) is 0 Å². The van der Waals surface area contributed by atoms with Crippen LogP contribution in [0, 0.1) is 5.92 Å². The number of hydrogen-bond donors (Lipinski definition) is 1. The van der Waals surface area contributed by atoms with Crippen molar-refractivity contribution in [1.29, 1.82) is 0 Å². The van der Waals surface area contributed by atoms with Gasteiger partial charge in [-0.1, -0.05) is 0 Å². The third-order valence-electron chi connectivity index (χ3n) is 2.65. The average Bonchev–Trinajstić information content (AvgIpc) is 2.65. The number of carbonyl (C=O) groups is 1. The summed E-state index contributed by atoms with van der Waals surface area (Å²) in [6, 6.07) is 0.132. The van der Waals surface area contributed by atoms with E-state index in [0.717, 1.165) is 6.42 Å². The SMILES string of the molecule is CC(O)CN(C(=O)C1CCOC1)C(C)C. The number of aliphatic hydroxyl groups excluding tert-OH is 1. The van der Waals surface area contributed by atoms with E-state index in [9.17, 15) is 9.90 Å². The van der Waals surface area contributed by atoms with Crippen molar-refractivity contribution >= 4 is 5.91 Å². The molecule has 1 fully saturated rings. The molecular formula is C11H21NO3. The summed E-state index contributed by atoms with van der Waals surface area (Å²) in [6.45, 7) is 7.26. The Balaban J connectivity index is 2.57. The molecule has 0 aromatic carbocycles. The van der Waals surface area contributed by atoms with E-state index >= 15 is 0 Å². The molecular weight excluding hydrogens is 194 g/mol. The van der Waals surface area contributed by atoms with E-state index in [1.165, 1.54) is 0 Å². The van der Waals surface area contributed by atoms with Gasteiger partial charge in [0.05, 0.1) is 18.6 Å². The molecule has 4 nitrogen and oxygen atoms in total. The maximum Gasteiger partial charge on any atom is 0.228 e. The van der Waals surface area contributed by atoms with Gasteiger partial charge >= 0.3 is 0 Å². The minimum Gasteiger partial charge on any atom is -0.392 e. The van der Waals surface area contributed by atoms with Gasteiger partial charge < -0.3 is 14.7 Å². The van der Waals surface area contributed by atoms with E-state index in [4.69, 9.17) is 4.74 Å². The van der Waals surface area contributed by atoms with Crippen molar-refractivity contribution in [2.24, 2.45) is 5.92 Å². The molecule has 0 aliphatic carbocycles. The monoisotopic (exact) mass is 215 g/mol. The van der Waals surface area contributed by atoms with Crippen LogP contribution in [0.1, 0.15) is 27.2 Å². The van der Waals surface area contributed by atoms with Crippen molar-refractivity contribution in [3.63, 3.8) is 0 Å². The zero-order chi connectivity index (χ0) is 11.4. The van der Waals surface area contributed by atoms with E-state index in [-0.39, 0.29) is 17.9 Å². The molecule has 1 amide bonds. The summed E-state index contributed by atoms with van der Waals surface area (Å²) in [4.78, 5) is 13.8. The molecule has 1 rings (SSSR count). The molecule has 0 saturated carbocycles. The summed E-state index contributed by atoms with van der Waals surface area (Å²) >= 11 is 0. The van der Waals surface area contributed by atoms with Crippen molar-refractivity contribution in [2.75, 3.05) is 19.8 Å². The molecule has 0 bridgehead atoms. The molecule has 2 unspecified atom stereocenters. The Morgan fingerprint density at radius 2 is 2.20 bits per heavy atom. The van der Waals surface area contributed by atoms with Gasteiger partial charge in [0.1, 0.15) is 0 Å². The highest BCUT2D eigenvalue weighted by Gasteiger charge is 2.29. The largest absolute Gasteiger partial charge is 0.392 e. The Bertz CT molecular complexity index is 210. The molecule has 15 heavy (non-hydrogen) atoms.